The summed E-state index contributed by atoms with van der Waals surface area (Å²) < 4.78 is 0. The number of pyridine rings is 1. The van der Waals surface area contributed by atoms with Crippen molar-refractivity contribution < 1.29 is 0 Å². The zero-order valence-electron chi connectivity index (χ0n) is 11.1. The van der Waals surface area contributed by atoms with Crippen molar-refractivity contribution in [3.8, 4) is 0 Å². The predicted octanol–water partition coefficient (Wildman–Crippen LogP) is 0.479. The summed E-state index contributed by atoms with van der Waals surface area (Å²) in [4.78, 5) is 9.64. The van der Waals surface area contributed by atoms with Gasteiger partial charge in [-0.3, -0.25) is 14.8 Å². The van der Waals surface area contributed by atoms with E-state index in [9.17, 15) is 0 Å². The fourth-order valence-corrected chi connectivity index (χ4v) is 2.71. The minimum absolute atomic E-state index is 0.795. The van der Waals surface area contributed by atoms with E-state index in [1.54, 1.807) is 0 Å². The molecule has 0 aromatic carbocycles. The Kier molecular flexibility index (Phi) is 3.59. The molecule has 0 atom stereocenters. The van der Waals surface area contributed by atoms with Crippen LogP contribution in [0.25, 0.3) is 0 Å². The molecule has 4 heteroatoms. The quantitative estimate of drug-likeness (QED) is 0.840. The van der Waals surface area contributed by atoms with Crippen molar-refractivity contribution in [3.63, 3.8) is 0 Å². The Hall–Kier alpha value is -0.970. The lowest BCUT2D eigenvalue weighted by Crippen LogP contribution is -2.61. The molecule has 1 aromatic rings. The fraction of sp³-hybridized carbons (Fsp3) is 0.643. The maximum absolute atomic E-state index is 4.49. The van der Waals surface area contributed by atoms with E-state index in [4.69, 9.17) is 0 Å². The van der Waals surface area contributed by atoms with Gasteiger partial charge >= 0.3 is 0 Å². The summed E-state index contributed by atoms with van der Waals surface area (Å²) in [5, 5.41) is 3.35. The molecule has 0 aliphatic carbocycles. The summed E-state index contributed by atoms with van der Waals surface area (Å²) >= 11 is 0. The van der Waals surface area contributed by atoms with Gasteiger partial charge in [0.25, 0.3) is 0 Å². The van der Waals surface area contributed by atoms with Gasteiger partial charge in [-0.1, -0.05) is 6.07 Å². The summed E-state index contributed by atoms with van der Waals surface area (Å²) in [6, 6.07) is 4.96. The number of nitrogens with one attached hydrogen (secondary N) is 1. The first-order chi connectivity index (χ1) is 8.83. The molecular weight excluding hydrogens is 224 g/mol. The number of aryl methyl sites for hydroxylation is 1. The average molecular weight is 246 g/mol. The van der Waals surface area contributed by atoms with Crippen molar-refractivity contribution in [1.82, 2.24) is 20.1 Å². The molecule has 3 rings (SSSR count). The molecule has 0 saturated carbocycles. The summed E-state index contributed by atoms with van der Waals surface area (Å²) in [6.45, 7) is 10.3. The van der Waals surface area contributed by atoms with Crippen molar-refractivity contribution in [2.75, 3.05) is 39.3 Å². The molecule has 2 aliphatic rings. The highest BCUT2D eigenvalue weighted by atomic mass is 15.3. The number of hydrogen-bond donors (Lipinski definition) is 1. The molecule has 98 valence electrons. The Bertz CT molecular complexity index is 395. The van der Waals surface area contributed by atoms with Gasteiger partial charge in [0.15, 0.2) is 0 Å². The summed E-state index contributed by atoms with van der Waals surface area (Å²) in [6.07, 6.45) is 1.90. The summed E-state index contributed by atoms with van der Waals surface area (Å²) in [7, 11) is 0. The minimum Gasteiger partial charge on any atom is -0.314 e. The van der Waals surface area contributed by atoms with Gasteiger partial charge in [0.05, 0.1) is 5.69 Å². The number of rotatable bonds is 3. The number of piperazine rings is 1. The first kappa shape index (κ1) is 12.1. The average Bonchev–Trinajstić information content (AvgIpc) is 2.32. The molecule has 1 N–H and O–H groups in total. The highest BCUT2D eigenvalue weighted by molar-refractivity contribution is 5.17. The highest BCUT2D eigenvalue weighted by Gasteiger charge is 2.27. The van der Waals surface area contributed by atoms with Crippen molar-refractivity contribution >= 4 is 0 Å². The molecule has 2 aliphatic heterocycles. The van der Waals surface area contributed by atoms with E-state index in [-0.39, 0.29) is 0 Å². The zero-order chi connectivity index (χ0) is 12.4. The third-order valence-electron chi connectivity index (χ3n) is 4.17. The van der Waals surface area contributed by atoms with Gasteiger partial charge in [-0.25, -0.2) is 0 Å². The number of hydrogen-bond acceptors (Lipinski definition) is 4. The van der Waals surface area contributed by atoms with Crippen LogP contribution in [0.2, 0.25) is 0 Å². The standard InChI is InChI=1S/C14H22N4/c1-12-3-2-4-16-14(12)11-17-5-7-18(8-6-17)13-9-15-10-13/h2-4,13,15H,5-11H2,1H3. The summed E-state index contributed by atoms with van der Waals surface area (Å²) in [5.74, 6) is 0. The van der Waals surface area contributed by atoms with Gasteiger partial charge in [0.2, 0.25) is 0 Å². The molecule has 18 heavy (non-hydrogen) atoms. The molecule has 1 aromatic heterocycles. The number of aromatic nitrogens is 1. The largest absolute Gasteiger partial charge is 0.314 e. The van der Waals surface area contributed by atoms with E-state index < -0.39 is 0 Å². The van der Waals surface area contributed by atoms with Crippen LogP contribution in [-0.4, -0.2) is 60.1 Å². The molecule has 2 fully saturated rings. The lowest BCUT2D eigenvalue weighted by atomic mass is 10.1. The van der Waals surface area contributed by atoms with E-state index in [1.165, 1.54) is 50.5 Å². The smallest absolute Gasteiger partial charge is 0.0573 e. The monoisotopic (exact) mass is 246 g/mol. The molecule has 4 nitrogen and oxygen atoms in total. The van der Waals surface area contributed by atoms with Gasteiger partial charge in [-0.2, -0.15) is 0 Å². The second kappa shape index (κ2) is 5.34. The maximum Gasteiger partial charge on any atom is 0.0573 e. The van der Waals surface area contributed by atoms with Crippen LogP contribution in [-0.2, 0) is 6.54 Å². The van der Waals surface area contributed by atoms with E-state index in [0.29, 0.717) is 0 Å². The lowest BCUT2D eigenvalue weighted by Gasteiger charge is -2.43. The molecular formula is C14H22N4. The first-order valence-corrected chi connectivity index (χ1v) is 6.90. The topological polar surface area (TPSA) is 31.4 Å². The van der Waals surface area contributed by atoms with Crippen molar-refractivity contribution in [1.29, 1.82) is 0 Å². The van der Waals surface area contributed by atoms with Crippen LogP contribution in [0.5, 0.6) is 0 Å². The van der Waals surface area contributed by atoms with Crippen LogP contribution >= 0.6 is 0 Å². The third-order valence-corrected chi connectivity index (χ3v) is 4.17. The minimum atomic E-state index is 0.795. The van der Waals surface area contributed by atoms with E-state index in [1.807, 2.05) is 12.3 Å². The molecule has 0 unspecified atom stereocenters. The predicted molar refractivity (Wildman–Crippen MR) is 72.5 cm³/mol. The maximum atomic E-state index is 4.49. The SMILES string of the molecule is Cc1cccnc1CN1CCN(C2CNC2)CC1. The molecule has 0 bridgehead atoms. The van der Waals surface area contributed by atoms with Gasteiger partial charge in [-0.05, 0) is 18.6 Å². The van der Waals surface area contributed by atoms with Crippen molar-refractivity contribution in [2.24, 2.45) is 0 Å². The number of nitrogens with zero attached hydrogens (tertiary/aromatic N) is 3. The highest BCUT2D eigenvalue weighted by Crippen LogP contribution is 2.13. The van der Waals surface area contributed by atoms with E-state index in [0.717, 1.165) is 12.6 Å². The van der Waals surface area contributed by atoms with E-state index in [2.05, 4.69) is 33.1 Å². The normalized spacial score (nSPS) is 22.9. The Morgan fingerprint density at radius 2 is 2.06 bits per heavy atom. The molecule has 2 saturated heterocycles. The van der Waals surface area contributed by atoms with Crippen molar-refractivity contribution in [2.45, 2.75) is 19.5 Å². The Morgan fingerprint density at radius 1 is 1.28 bits per heavy atom. The van der Waals surface area contributed by atoms with Crippen LogP contribution < -0.4 is 5.32 Å². The second-order valence-electron chi connectivity index (χ2n) is 5.39. The van der Waals surface area contributed by atoms with Crippen molar-refractivity contribution in [3.05, 3.63) is 29.6 Å². The van der Waals surface area contributed by atoms with Gasteiger partial charge in [0, 0.05) is 58.1 Å². The van der Waals surface area contributed by atoms with Gasteiger partial charge in [0.1, 0.15) is 0 Å². The fourth-order valence-electron chi connectivity index (χ4n) is 2.71. The van der Waals surface area contributed by atoms with Crippen LogP contribution in [0.1, 0.15) is 11.3 Å². The lowest BCUT2D eigenvalue weighted by molar-refractivity contribution is 0.0689. The third kappa shape index (κ3) is 2.55. The molecule has 0 spiro atoms. The van der Waals surface area contributed by atoms with Crippen LogP contribution in [0.4, 0.5) is 0 Å². The zero-order valence-corrected chi connectivity index (χ0v) is 11.1. The van der Waals surface area contributed by atoms with Crippen LogP contribution in [0, 0.1) is 6.92 Å². The molecule has 0 amide bonds. The van der Waals surface area contributed by atoms with Crippen LogP contribution in [0.3, 0.4) is 0 Å². The summed E-state index contributed by atoms with van der Waals surface area (Å²) in [5.41, 5.74) is 2.54. The molecule has 0 radical (unpaired) electrons. The Labute approximate surface area is 109 Å². The Morgan fingerprint density at radius 3 is 2.67 bits per heavy atom. The first-order valence-electron chi connectivity index (χ1n) is 6.90. The van der Waals surface area contributed by atoms with Gasteiger partial charge < -0.3 is 5.32 Å². The van der Waals surface area contributed by atoms with E-state index >= 15 is 0 Å². The van der Waals surface area contributed by atoms with Gasteiger partial charge in [-0.15, -0.1) is 0 Å². The molecule has 3 heterocycles. The van der Waals surface area contributed by atoms with Crippen LogP contribution in [0.15, 0.2) is 18.3 Å². The second-order valence-corrected chi connectivity index (χ2v) is 5.39. The Balaban J connectivity index is 1.52.